The van der Waals surface area contributed by atoms with Crippen molar-refractivity contribution in [2.24, 2.45) is 5.92 Å². The number of carbonyl (C=O) groups is 2. The van der Waals surface area contributed by atoms with Crippen LogP contribution in [0.15, 0.2) is 12.1 Å². The van der Waals surface area contributed by atoms with Gasteiger partial charge in [-0.2, -0.15) is 0 Å². The van der Waals surface area contributed by atoms with E-state index in [0.29, 0.717) is 37.7 Å². The second-order valence-electron chi connectivity index (χ2n) is 7.09. The molecule has 0 saturated carbocycles. The van der Waals surface area contributed by atoms with Crippen molar-refractivity contribution < 1.29 is 9.59 Å². The maximum absolute atomic E-state index is 12.6. The summed E-state index contributed by atoms with van der Waals surface area (Å²) in [4.78, 5) is 31.0. The zero-order chi connectivity index (χ0) is 18.4. The minimum absolute atomic E-state index is 0.00643. The summed E-state index contributed by atoms with van der Waals surface area (Å²) in [7, 11) is 0. The smallest absolute Gasteiger partial charge is 0.317 e. The third kappa shape index (κ3) is 5.18. The number of hydrogen-bond donors (Lipinski definition) is 2. The van der Waals surface area contributed by atoms with Crippen molar-refractivity contribution in [1.29, 1.82) is 0 Å². The van der Waals surface area contributed by atoms with Gasteiger partial charge in [0.25, 0.3) is 5.91 Å². The van der Waals surface area contributed by atoms with Gasteiger partial charge in [0.05, 0.1) is 11.3 Å². The molecule has 2 rings (SSSR count). The largest absolute Gasteiger partial charge is 0.352 e. The predicted octanol–water partition coefficient (Wildman–Crippen LogP) is 2.68. The van der Waals surface area contributed by atoms with Gasteiger partial charge in [-0.3, -0.25) is 9.78 Å². The number of piperidine rings is 1. The van der Waals surface area contributed by atoms with Crippen LogP contribution in [0.3, 0.4) is 0 Å². The molecule has 1 fully saturated rings. The Labute approximate surface area is 150 Å². The Balaban J connectivity index is 2.10. The van der Waals surface area contributed by atoms with E-state index < -0.39 is 0 Å². The van der Waals surface area contributed by atoms with Crippen LogP contribution in [0.2, 0.25) is 0 Å². The van der Waals surface area contributed by atoms with Crippen molar-refractivity contribution in [1.82, 2.24) is 20.5 Å². The van der Waals surface area contributed by atoms with E-state index in [1.54, 1.807) is 0 Å². The lowest BCUT2D eigenvalue weighted by molar-refractivity contribution is 0.0946. The topological polar surface area (TPSA) is 74.3 Å². The number of amides is 3. The molecule has 6 heteroatoms. The van der Waals surface area contributed by atoms with Gasteiger partial charge >= 0.3 is 6.03 Å². The van der Waals surface area contributed by atoms with E-state index in [-0.39, 0.29) is 17.9 Å². The van der Waals surface area contributed by atoms with Crippen LogP contribution in [0, 0.1) is 12.8 Å². The Bertz CT molecular complexity index is 607. The number of pyridine rings is 1. The number of carbonyl (C=O) groups excluding carboxylic acids is 2. The first kappa shape index (κ1) is 19.2. The molecule has 0 aromatic carbocycles. The summed E-state index contributed by atoms with van der Waals surface area (Å²) in [6.45, 7) is 10.7. The highest BCUT2D eigenvalue weighted by Crippen LogP contribution is 2.29. The van der Waals surface area contributed by atoms with Gasteiger partial charge in [0, 0.05) is 37.8 Å². The fourth-order valence-corrected chi connectivity index (χ4v) is 3.09. The summed E-state index contributed by atoms with van der Waals surface area (Å²) in [5, 5.41) is 5.83. The van der Waals surface area contributed by atoms with Crippen LogP contribution in [-0.2, 0) is 0 Å². The lowest BCUT2D eigenvalue weighted by atomic mass is 9.90. The van der Waals surface area contributed by atoms with Crippen LogP contribution in [0.1, 0.15) is 61.3 Å². The average Bonchev–Trinajstić information content (AvgIpc) is 2.60. The molecule has 0 spiro atoms. The van der Waals surface area contributed by atoms with Crippen LogP contribution in [0.25, 0.3) is 0 Å². The van der Waals surface area contributed by atoms with Crippen molar-refractivity contribution in [3.8, 4) is 0 Å². The highest BCUT2D eigenvalue weighted by atomic mass is 16.2. The molecule has 1 aliphatic heterocycles. The number of aryl methyl sites for hydroxylation is 1. The maximum Gasteiger partial charge on any atom is 0.317 e. The number of likely N-dealkylation sites (tertiary alicyclic amines) is 1. The van der Waals surface area contributed by atoms with Crippen molar-refractivity contribution in [2.75, 3.05) is 26.2 Å². The lowest BCUT2D eigenvalue weighted by Crippen LogP contribution is -2.44. The quantitative estimate of drug-likeness (QED) is 0.861. The van der Waals surface area contributed by atoms with Crippen LogP contribution in [0.4, 0.5) is 4.79 Å². The van der Waals surface area contributed by atoms with E-state index in [1.807, 2.05) is 30.9 Å². The van der Waals surface area contributed by atoms with E-state index in [4.69, 9.17) is 0 Å². The molecule has 138 valence electrons. The summed E-state index contributed by atoms with van der Waals surface area (Å²) in [5.41, 5.74) is 2.46. The monoisotopic (exact) mass is 346 g/mol. The molecule has 1 aromatic rings. The summed E-state index contributed by atoms with van der Waals surface area (Å²) < 4.78 is 0. The Morgan fingerprint density at radius 3 is 2.52 bits per heavy atom. The minimum atomic E-state index is -0.0534. The summed E-state index contributed by atoms with van der Waals surface area (Å²) in [6.07, 6.45) is 1.66. The van der Waals surface area contributed by atoms with E-state index in [9.17, 15) is 9.59 Å². The highest BCUT2D eigenvalue weighted by molar-refractivity contribution is 5.95. The van der Waals surface area contributed by atoms with E-state index in [1.165, 1.54) is 0 Å². The van der Waals surface area contributed by atoms with Crippen molar-refractivity contribution >= 4 is 11.9 Å². The van der Waals surface area contributed by atoms with Gasteiger partial charge in [-0.15, -0.1) is 0 Å². The Hall–Kier alpha value is -2.11. The fourth-order valence-electron chi connectivity index (χ4n) is 3.09. The number of aromatic nitrogens is 1. The van der Waals surface area contributed by atoms with Gasteiger partial charge in [0.2, 0.25) is 0 Å². The Morgan fingerprint density at radius 2 is 1.92 bits per heavy atom. The highest BCUT2D eigenvalue weighted by Gasteiger charge is 2.27. The summed E-state index contributed by atoms with van der Waals surface area (Å²) >= 11 is 0. The molecule has 25 heavy (non-hydrogen) atoms. The minimum Gasteiger partial charge on any atom is -0.352 e. The number of hydrogen-bond acceptors (Lipinski definition) is 3. The summed E-state index contributed by atoms with van der Waals surface area (Å²) in [6, 6.07) is 3.76. The molecule has 2 heterocycles. The normalized spacial score (nSPS) is 15.3. The molecule has 2 N–H and O–H groups in total. The second-order valence-corrected chi connectivity index (χ2v) is 7.09. The van der Waals surface area contributed by atoms with Gasteiger partial charge in [-0.25, -0.2) is 4.79 Å². The van der Waals surface area contributed by atoms with Gasteiger partial charge in [0.1, 0.15) is 0 Å². The van der Waals surface area contributed by atoms with Crippen molar-refractivity contribution in [3.05, 3.63) is 29.1 Å². The SMILES string of the molecule is CCNC(=O)N1CCC(c2nc(C)ccc2C(=O)NCC(C)C)CC1. The van der Waals surface area contributed by atoms with Crippen molar-refractivity contribution in [3.63, 3.8) is 0 Å². The summed E-state index contributed by atoms with van der Waals surface area (Å²) in [5.74, 6) is 0.568. The molecule has 1 aromatic heterocycles. The van der Waals surface area contributed by atoms with Gasteiger partial charge in [-0.1, -0.05) is 13.8 Å². The zero-order valence-electron chi connectivity index (χ0n) is 15.8. The Morgan fingerprint density at radius 1 is 1.24 bits per heavy atom. The molecule has 1 saturated heterocycles. The van der Waals surface area contributed by atoms with E-state index >= 15 is 0 Å². The molecule has 6 nitrogen and oxygen atoms in total. The molecule has 0 radical (unpaired) electrons. The van der Waals surface area contributed by atoms with Crippen LogP contribution in [-0.4, -0.2) is 48.0 Å². The maximum atomic E-state index is 12.6. The zero-order valence-corrected chi connectivity index (χ0v) is 15.8. The standard InChI is InChI=1S/C19H30N4O2/c1-5-20-19(25)23-10-8-15(9-11-23)17-16(7-6-14(4)22-17)18(24)21-12-13(2)3/h6-7,13,15H,5,8-12H2,1-4H3,(H,20,25)(H,21,24). The predicted molar refractivity (Wildman–Crippen MR) is 98.8 cm³/mol. The fraction of sp³-hybridized carbons (Fsp3) is 0.632. The first-order valence-electron chi connectivity index (χ1n) is 9.20. The average molecular weight is 346 g/mol. The number of nitrogens with zero attached hydrogens (tertiary/aromatic N) is 2. The van der Waals surface area contributed by atoms with Gasteiger partial charge < -0.3 is 15.5 Å². The first-order chi connectivity index (χ1) is 11.9. The van der Waals surface area contributed by atoms with Crippen LogP contribution in [0.5, 0.6) is 0 Å². The lowest BCUT2D eigenvalue weighted by Gasteiger charge is -2.32. The molecule has 0 unspecified atom stereocenters. The van der Waals surface area contributed by atoms with E-state index in [0.717, 1.165) is 24.2 Å². The number of urea groups is 1. The number of rotatable bonds is 5. The third-order valence-corrected chi connectivity index (χ3v) is 4.48. The van der Waals surface area contributed by atoms with Gasteiger partial charge in [0.15, 0.2) is 0 Å². The van der Waals surface area contributed by atoms with E-state index in [2.05, 4.69) is 29.5 Å². The second kappa shape index (κ2) is 8.83. The van der Waals surface area contributed by atoms with Crippen molar-refractivity contribution in [2.45, 2.75) is 46.5 Å². The molecule has 3 amide bonds. The Kier molecular flexibility index (Phi) is 6.79. The van der Waals surface area contributed by atoms with Gasteiger partial charge in [-0.05, 0) is 44.7 Å². The molecule has 0 atom stereocenters. The first-order valence-corrected chi connectivity index (χ1v) is 9.20. The van der Waals surface area contributed by atoms with Crippen LogP contribution < -0.4 is 10.6 Å². The van der Waals surface area contributed by atoms with Crippen LogP contribution >= 0.6 is 0 Å². The molecular weight excluding hydrogens is 316 g/mol. The molecular formula is C19H30N4O2. The molecule has 0 aliphatic carbocycles. The molecule has 1 aliphatic rings. The molecule has 0 bridgehead atoms. The third-order valence-electron chi connectivity index (χ3n) is 4.48. The number of nitrogens with one attached hydrogen (secondary N) is 2.